The van der Waals surface area contributed by atoms with Crippen LogP contribution < -0.4 is 11.1 Å². The highest BCUT2D eigenvalue weighted by Gasteiger charge is 2.05. The molecule has 1 unspecified atom stereocenters. The van der Waals surface area contributed by atoms with Crippen molar-refractivity contribution in [3.05, 3.63) is 0 Å². The first-order valence-corrected chi connectivity index (χ1v) is 2.25. The van der Waals surface area contributed by atoms with Crippen LogP contribution >= 0.6 is 0 Å². The molecule has 3 N–H and O–H groups in total. The summed E-state index contributed by atoms with van der Waals surface area (Å²) in [5.41, 5.74) is 5.13. The molecular weight excluding hydrogens is 95.1 g/mol. The molecule has 0 saturated carbocycles. The monoisotopic (exact) mass is 106 g/mol. The zero-order valence-electron chi connectivity index (χ0n) is 4.61. The Morgan fingerprint density at radius 2 is 2.14 bits per heavy atom. The lowest BCUT2D eigenvalue weighted by Gasteiger charge is -2.09. The van der Waals surface area contributed by atoms with Gasteiger partial charge in [0.25, 0.3) is 0 Å². The van der Waals surface area contributed by atoms with Crippen molar-refractivity contribution in [3.63, 3.8) is 0 Å². The van der Waals surface area contributed by atoms with Crippen LogP contribution in [0.2, 0.25) is 0 Å². The van der Waals surface area contributed by atoms with Gasteiger partial charge < -0.3 is 11.1 Å². The van der Waals surface area contributed by atoms with E-state index in [-0.39, 0.29) is 0 Å². The summed E-state index contributed by atoms with van der Waals surface area (Å²) in [4.78, 5) is 0. The first-order valence-electron chi connectivity index (χ1n) is 2.25. The van der Waals surface area contributed by atoms with E-state index in [4.69, 9.17) is 5.73 Å². The second-order valence-corrected chi connectivity index (χ2v) is 1.49. The molecule has 0 aliphatic carbocycles. The van der Waals surface area contributed by atoms with Crippen LogP contribution in [-0.2, 0) is 0 Å². The van der Waals surface area contributed by atoms with Crippen LogP contribution in [0.4, 0.5) is 4.39 Å². The van der Waals surface area contributed by atoms with Crippen LogP contribution in [0.3, 0.4) is 0 Å². The van der Waals surface area contributed by atoms with Gasteiger partial charge in [-0.2, -0.15) is 0 Å². The largest absolute Gasteiger partial charge is 0.313 e. The quantitative estimate of drug-likeness (QED) is 0.480. The Hall–Kier alpha value is -0.150. The van der Waals surface area contributed by atoms with Crippen LogP contribution in [0.5, 0.6) is 0 Å². The van der Waals surface area contributed by atoms with Gasteiger partial charge in [0.15, 0.2) is 0 Å². The zero-order chi connectivity index (χ0) is 5.86. The van der Waals surface area contributed by atoms with Crippen molar-refractivity contribution in [2.75, 3.05) is 7.05 Å². The molecule has 0 aromatic heterocycles. The zero-order valence-corrected chi connectivity index (χ0v) is 4.61. The van der Waals surface area contributed by atoms with Gasteiger partial charge in [0, 0.05) is 0 Å². The Morgan fingerprint density at radius 1 is 1.71 bits per heavy atom. The van der Waals surface area contributed by atoms with Gasteiger partial charge in [-0.1, -0.05) is 0 Å². The second-order valence-electron chi connectivity index (χ2n) is 1.49. The van der Waals surface area contributed by atoms with Crippen molar-refractivity contribution in [2.24, 2.45) is 5.73 Å². The van der Waals surface area contributed by atoms with Crippen molar-refractivity contribution < 1.29 is 4.39 Å². The first-order chi connectivity index (χ1) is 3.18. The Morgan fingerprint density at radius 3 is 2.14 bits per heavy atom. The molecule has 7 heavy (non-hydrogen) atoms. The summed E-state index contributed by atoms with van der Waals surface area (Å²) < 4.78 is 11.9. The minimum Gasteiger partial charge on any atom is -0.313 e. The molecule has 0 aliphatic rings. The van der Waals surface area contributed by atoms with Crippen LogP contribution in [0, 0.1) is 0 Å². The molecule has 0 radical (unpaired) electrons. The summed E-state index contributed by atoms with van der Waals surface area (Å²) in [6, 6.07) is 0. The summed E-state index contributed by atoms with van der Waals surface area (Å²) in [6.07, 6.45) is -1.48. The molecular formula is C4H11FN2. The molecule has 0 aromatic rings. The van der Waals surface area contributed by atoms with Gasteiger partial charge in [0.1, 0.15) is 6.17 Å². The van der Waals surface area contributed by atoms with E-state index in [0.717, 1.165) is 0 Å². The van der Waals surface area contributed by atoms with E-state index in [1.807, 2.05) is 0 Å². The fourth-order valence-electron chi connectivity index (χ4n) is 0.230. The Kier molecular flexibility index (Phi) is 2.87. The highest BCUT2D eigenvalue weighted by Crippen LogP contribution is 1.87. The fourth-order valence-corrected chi connectivity index (χ4v) is 0.230. The minimum absolute atomic E-state index is 0.514. The molecule has 0 aromatic carbocycles. The van der Waals surface area contributed by atoms with E-state index in [2.05, 4.69) is 5.32 Å². The van der Waals surface area contributed by atoms with Crippen molar-refractivity contribution >= 4 is 0 Å². The summed E-state index contributed by atoms with van der Waals surface area (Å²) in [6.45, 7) is 1.42. The van der Waals surface area contributed by atoms with Gasteiger partial charge >= 0.3 is 0 Å². The molecule has 3 heteroatoms. The average Bonchev–Trinajstić information content (AvgIpc) is 1.65. The predicted molar refractivity (Wildman–Crippen MR) is 27.6 cm³/mol. The van der Waals surface area contributed by atoms with Gasteiger partial charge in [0.2, 0.25) is 0 Å². The van der Waals surface area contributed by atoms with E-state index in [1.165, 1.54) is 6.92 Å². The van der Waals surface area contributed by atoms with Gasteiger partial charge in [-0.15, -0.1) is 0 Å². The SMILES string of the molecule is CN[C@H](N)C(C)F. The highest BCUT2D eigenvalue weighted by molar-refractivity contribution is 4.60. The topological polar surface area (TPSA) is 38.0 Å². The first kappa shape index (κ1) is 6.85. The van der Waals surface area contributed by atoms with Crippen molar-refractivity contribution in [3.8, 4) is 0 Å². The standard InChI is InChI=1S/C4H11FN2/c1-3(5)4(6)7-2/h3-4,7H,6H2,1-2H3/t3?,4-/m0/s1. The van der Waals surface area contributed by atoms with Gasteiger partial charge in [0.05, 0.1) is 6.17 Å². The normalized spacial score (nSPS) is 18.9. The summed E-state index contributed by atoms with van der Waals surface area (Å²) >= 11 is 0. The molecule has 0 rings (SSSR count). The maximum absolute atomic E-state index is 11.9. The molecule has 2 atom stereocenters. The van der Waals surface area contributed by atoms with Crippen LogP contribution in [0.1, 0.15) is 6.92 Å². The highest BCUT2D eigenvalue weighted by atomic mass is 19.1. The lowest BCUT2D eigenvalue weighted by atomic mass is 10.4. The van der Waals surface area contributed by atoms with Gasteiger partial charge in [-0.05, 0) is 14.0 Å². The number of nitrogens with two attached hydrogens (primary N) is 1. The molecule has 0 spiro atoms. The lowest BCUT2D eigenvalue weighted by molar-refractivity contribution is 0.283. The number of hydrogen-bond donors (Lipinski definition) is 2. The molecule has 0 bridgehead atoms. The van der Waals surface area contributed by atoms with E-state index < -0.39 is 12.3 Å². The van der Waals surface area contributed by atoms with E-state index in [9.17, 15) is 4.39 Å². The third-order valence-corrected chi connectivity index (χ3v) is 0.828. The Balaban J connectivity index is 3.14. The molecule has 0 heterocycles. The number of hydrogen-bond acceptors (Lipinski definition) is 2. The fraction of sp³-hybridized carbons (Fsp3) is 1.00. The van der Waals surface area contributed by atoms with E-state index in [0.29, 0.717) is 0 Å². The molecule has 0 amide bonds. The molecule has 0 aliphatic heterocycles. The number of alkyl halides is 1. The second kappa shape index (κ2) is 2.93. The summed E-state index contributed by atoms with van der Waals surface area (Å²) in [5, 5.41) is 2.57. The molecule has 0 saturated heterocycles. The maximum Gasteiger partial charge on any atom is 0.125 e. The van der Waals surface area contributed by atoms with Crippen molar-refractivity contribution in [1.82, 2.24) is 5.32 Å². The average molecular weight is 106 g/mol. The number of halogens is 1. The summed E-state index contributed by atoms with van der Waals surface area (Å²) in [5.74, 6) is 0. The summed E-state index contributed by atoms with van der Waals surface area (Å²) in [7, 11) is 1.63. The van der Waals surface area contributed by atoms with Crippen LogP contribution in [0.15, 0.2) is 0 Å². The van der Waals surface area contributed by atoms with Crippen LogP contribution in [0.25, 0.3) is 0 Å². The van der Waals surface area contributed by atoms with Crippen LogP contribution in [-0.4, -0.2) is 19.4 Å². The molecule has 44 valence electrons. The maximum atomic E-state index is 11.9. The Labute approximate surface area is 42.9 Å². The Bertz CT molecular complexity index is 47.0. The minimum atomic E-state index is -0.968. The van der Waals surface area contributed by atoms with Crippen molar-refractivity contribution in [1.29, 1.82) is 0 Å². The number of nitrogens with one attached hydrogen (secondary N) is 1. The van der Waals surface area contributed by atoms with E-state index >= 15 is 0 Å². The molecule has 0 fully saturated rings. The number of rotatable bonds is 2. The third kappa shape index (κ3) is 2.53. The van der Waals surface area contributed by atoms with Gasteiger partial charge in [-0.3, -0.25) is 0 Å². The third-order valence-electron chi connectivity index (χ3n) is 0.828. The van der Waals surface area contributed by atoms with E-state index in [1.54, 1.807) is 7.05 Å². The smallest absolute Gasteiger partial charge is 0.125 e. The predicted octanol–water partition coefficient (Wildman–Crippen LogP) is -0.151. The van der Waals surface area contributed by atoms with Gasteiger partial charge in [-0.25, -0.2) is 4.39 Å². The van der Waals surface area contributed by atoms with Crippen molar-refractivity contribution in [2.45, 2.75) is 19.3 Å². The molecule has 2 nitrogen and oxygen atoms in total. The lowest BCUT2D eigenvalue weighted by Crippen LogP contribution is -2.41.